The van der Waals surface area contributed by atoms with Crippen molar-refractivity contribution in [3.05, 3.63) is 109 Å². The average molecular weight is 679 g/mol. The van der Waals surface area contributed by atoms with Crippen LogP contribution in [0.25, 0.3) is 0 Å². The summed E-state index contributed by atoms with van der Waals surface area (Å²) < 4.78 is 7.19. The van der Waals surface area contributed by atoms with E-state index in [1.165, 1.54) is 21.2 Å². The van der Waals surface area contributed by atoms with Crippen LogP contribution in [0.5, 0.6) is 0 Å². The van der Waals surface area contributed by atoms with E-state index in [1.54, 1.807) is 55.5 Å². The Kier molecular flexibility index (Phi) is 8.08. The first-order valence-corrected chi connectivity index (χ1v) is 15.9. The highest BCUT2D eigenvalue weighted by molar-refractivity contribution is 9.10. The van der Waals surface area contributed by atoms with Crippen molar-refractivity contribution in [2.45, 2.75) is 29.7 Å². The highest BCUT2D eigenvalue weighted by atomic mass is 79.9. The number of ether oxygens (including phenoxy) is 1. The monoisotopic (exact) mass is 677 g/mol. The molecule has 43 heavy (non-hydrogen) atoms. The second-order valence-corrected chi connectivity index (χ2v) is 12.9. The summed E-state index contributed by atoms with van der Waals surface area (Å²) in [7, 11) is 0. The zero-order chi connectivity index (χ0) is 30.2. The van der Waals surface area contributed by atoms with E-state index in [4.69, 9.17) is 4.74 Å². The molecule has 2 aliphatic heterocycles. The maximum absolute atomic E-state index is 13.9. The molecule has 4 aromatic rings. The molecule has 0 unspecified atom stereocenters. The van der Waals surface area contributed by atoms with Gasteiger partial charge in [0.25, 0.3) is 0 Å². The number of imide groups is 1. The second-order valence-electron chi connectivity index (χ2n) is 9.91. The number of hydrogen-bond donors (Lipinski definition) is 1. The number of nitrogens with one attached hydrogen (secondary N) is 1. The van der Waals surface area contributed by atoms with E-state index >= 15 is 0 Å². The molecule has 6 rings (SSSR count). The molecule has 0 radical (unpaired) electrons. The van der Waals surface area contributed by atoms with Gasteiger partial charge >= 0.3 is 10.8 Å². The van der Waals surface area contributed by atoms with Crippen molar-refractivity contribution in [2.75, 3.05) is 16.8 Å². The molecule has 3 amide bonds. The number of carbonyl (C=O) groups is 4. The first-order valence-electron chi connectivity index (χ1n) is 13.4. The minimum absolute atomic E-state index is 0.254. The topological polar surface area (TPSA) is 115 Å². The van der Waals surface area contributed by atoms with Gasteiger partial charge in [-0.15, -0.1) is 0 Å². The van der Waals surface area contributed by atoms with Gasteiger partial charge in [-0.2, -0.15) is 0 Å². The minimum atomic E-state index is -0.771. The number of anilines is 2. The van der Waals surface area contributed by atoms with Crippen LogP contribution in [0.3, 0.4) is 0 Å². The van der Waals surface area contributed by atoms with E-state index < -0.39 is 29.0 Å². The van der Waals surface area contributed by atoms with Crippen LogP contribution in [-0.2, 0) is 25.7 Å². The van der Waals surface area contributed by atoms with Crippen LogP contribution >= 0.6 is 39.0 Å². The Hall–Kier alpha value is -4.00. The fraction of sp³-hybridized carbons (Fsp3) is 0.194. The molecular weight excluding hydrogens is 654 g/mol. The van der Waals surface area contributed by atoms with Gasteiger partial charge in [-0.25, -0.2) is 9.69 Å². The number of amides is 3. The van der Waals surface area contributed by atoms with Crippen molar-refractivity contribution in [2.24, 2.45) is 5.92 Å². The standard InChI is InChI=1S/C31H24BrN3O6S2/c1-2-41-30(39)18-8-12-20(13-9-18)33-22(36)16-34-29-26(43-31(34)40)23(17-6-4-3-5-7-17)24-25(42-29)28(38)35(27(24)37)21-14-10-19(32)11-15-21/h3-15,23-25H,2,16H2,1H3,(H,33,36)/t23-,24+,25-/m0/s1. The lowest BCUT2D eigenvalue weighted by Gasteiger charge is -2.30. The highest BCUT2D eigenvalue weighted by Crippen LogP contribution is 2.53. The molecule has 1 N–H and O–H groups in total. The molecule has 0 spiro atoms. The predicted octanol–water partition coefficient (Wildman–Crippen LogP) is 5.28. The van der Waals surface area contributed by atoms with Crippen LogP contribution in [0.1, 0.15) is 33.6 Å². The van der Waals surface area contributed by atoms with Crippen LogP contribution in [0.4, 0.5) is 11.4 Å². The van der Waals surface area contributed by atoms with E-state index in [9.17, 15) is 24.0 Å². The lowest BCUT2D eigenvalue weighted by Crippen LogP contribution is -2.33. The van der Waals surface area contributed by atoms with Gasteiger partial charge in [-0.1, -0.05) is 69.4 Å². The number of thioether (sulfide) groups is 1. The van der Waals surface area contributed by atoms with Crippen LogP contribution in [0.2, 0.25) is 0 Å². The van der Waals surface area contributed by atoms with Crippen LogP contribution in [-0.4, -0.2) is 40.1 Å². The largest absolute Gasteiger partial charge is 0.462 e. The van der Waals surface area contributed by atoms with E-state index in [-0.39, 0.29) is 29.8 Å². The number of benzene rings is 3. The molecule has 3 aromatic carbocycles. The number of carbonyl (C=O) groups excluding carboxylic acids is 4. The number of nitrogens with zero attached hydrogens (tertiary/aromatic N) is 2. The number of aromatic nitrogens is 1. The van der Waals surface area contributed by atoms with Gasteiger partial charge in [0.2, 0.25) is 17.7 Å². The van der Waals surface area contributed by atoms with Crippen LogP contribution in [0.15, 0.2) is 93.2 Å². The quantitative estimate of drug-likeness (QED) is 0.209. The third-order valence-electron chi connectivity index (χ3n) is 7.27. The Labute approximate surface area is 263 Å². The predicted molar refractivity (Wildman–Crippen MR) is 168 cm³/mol. The maximum Gasteiger partial charge on any atom is 0.338 e. The third kappa shape index (κ3) is 5.46. The van der Waals surface area contributed by atoms with Crippen molar-refractivity contribution in [3.8, 4) is 0 Å². The molecule has 2 aliphatic rings. The molecule has 1 fully saturated rings. The van der Waals surface area contributed by atoms with Crippen molar-refractivity contribution in [1.82, 2.24) is 4.57 Å². The molecule has 3 atom stereocenters. The molecule has 12 heteroatoms. The van der Waals surface area contributed by atoms with Gasteiger partial charge in [-0.3, -0.25) is 23.7 Å². The fourth-order valence-electron chi connectivity index (χ4n) is 5.37. The first kappa shape index (κ1) is 29.1. The summed E-state index contributed by atoms with van der Waals surface area (Å²) in [6, 6.07) is 22.6. The molecular formula is C31H24BrN3O6S2. The molecule has 0 bridgehead atoms. The Balaban J connectivity index is 1.32. The molecule has 0 saturated carbocycles. The van der Waals surface area contributed by atoms with Crippen molar-refractivity contribution < 1.29 is 23.9 Å². The zero-order valence-corrected chi connectivity index (χ0v) is 25.9. The van der Waals surface area contributed by atoms with Gasteiger partial charge < -0.3 is 10.1 Å². The lowest BCUT2D eigenvalue weighted by atomic mass is 9.83. The normalized spacial score (nSPS) is 19.1. The van der Waals surface area contributed by atoms with E-state index in [1.807, 2.05) is 30.3 Å². The van der Waals surface area contributed by atoms with Crippen molar-refractivity contribution >= 4 is 74.1 Å². The number of halogens is 1. The summed E-state index contributed by atoms with van der Waals surface area (Å²) in [5.74, 6) is -2.83. The van der Waals surface area contributed by atoms with E-state index in [2.05, 4.69) is 21.2 Å². The molecule has 1 aromatic heterocycles. The molecule has 3 heterocycles. The summed E-state index contributed by atoms with van der Waals surface area (Å²) in [4.78, 5) is 67.6. The van der Waals surface area contributed by atoms with Gasteiger partial charge in [0.05, 0.1) is 28.8 Å². The average Bonchev–Trinajstić information content (AvgIpc) is 3.44. The van der Waals surface area contributed by atoms with Gasteiger partial charge in [0.1, 0.15) is 11.8 Å². The summed E-state index contributed by atoms with van der Waals surface area (Å²) in [6.45, 7) is 1.69. The van der Waals surface area contributed by atoms with Crippen molar-refractivity contribution in [1.29, 1.82) is 0 Å². The Morgan fingerprint density at radius 1 is 0.930 bits per heavy atom. The van der Waals surface area contributed by atoms with Crippen LogP contribution in [0, 0.1) is 5.92 Å². The smallest absolute Gasteiger partial charge is 0.338 e. The fourth-order valence-corrected chi connectivity index (χ4v) is 8.41. The molecule has 0 aliphatic carbocycles. The summed E-state index contributed by atoms with van der Waals surface area (Å²) >= 11 is 5.56. The Bertz CT molecular complexity index is 1790. The van der Waals surface area contributed by atoms with Crippen molar-refractivity contribution in [3.63, 3.8) is 0 Å². The summed E-state index contributed by atoms with van der Waals surface area (Å²) in [6.07, 6.45) is 0. The number of fused-ring (bicyclic) bond motifs is 2. The first-order chi connectivity index (χ1) is 20.8. The zero-order valence-electron chi connectivity index (χ0n) is 22.7. The molecule has 1 saturated heterocycles. The second kappa shape index (κ2) is 11.9. The van der Waals surface area contributed by atoms with Gasteiger partial charge in [-0.05, 0) is 61.0 Å². The SMILES string of the molecule is CCOC(=O)c1ccc(NC(=O)Cn2c3c(sc2=O)[C@@H](c2ccccc2)[C@H]2C(=O)N(c4ccc(Br)cc4)C(=O)[C@H]2S3)cc1. The Morgan fingerprint density at radius 3 is 2.30 bits per heavy atom. The minimum Gasteiger partial charge on any atom is -0.462 e. The van der Waals surface area contributed by atoms with Crippen LogP contribution < -0.4 is 15.1 Å². The number of hydrogen-bond acceptors (Lipinski definition) is 8. The summed E-state index contributed by atoms with van der Waals surface area (Å²) in [5.41, 5.74) is 2.10. The van der Waals surface area contributed by atoms with E-state index in [0.717, 1.165) is 21.4 Å². The number of thiazole rings is 1. The summed E-state index contributed by atoms with van der Waals surface area (Å²) in [5, 5.41) is 2.50. The van der Waals surface area contributed by atoms with E-state index in [0.29, 0.717) is 26.8 Å². The Morgan fingerprint density at radius 2 is 1.63 bits per heavy atom. The van der Waals surface area contributed by atoms with Gasteiger partial charge in [0, 0.05) is 21.0 Å². The van der Waals surface area contributed by atoms with Gasteiger partial charge in [0.15, 0.2) is 0 Å². The maximum atomic E-state index is 13.9. The lowest BCUT2D eigenvalue weighted by molar-refractivity contribution is -0.122. The third-order valence-corrected chi connectivity index (χ3v) is 10.4. The highest BCUT2D eigenvalue weighted by Gasteiger charge is 2.56. The molecule has 9 nitrogen and oxygen atoms in total. The molecule has 218 valence electrons. The number of esters is 1. The number of rotatable bonds is 7.